The van der Waals surface area contributed by atoms with Crippen molar-refractivity contribution in [1.82, 2.24) is 4.98 Å². The maximum absolute atomic E-state index is 6.80. The van der Waals surface area contributed by atoms with E-state index in [9.17, 15) is 0 Å². The Labute approximate surface area is 78.2 Å². The number of rotatable bonds is 2. The Balaban J connectivity index is 3.17. The number of methoxy groups -OCH3 is 1. The van der Waals surface area contributed by atoms with Crippen LogP contribution < -0.4 is 4.74 Å². The van der Waals surface area contributed by atoms with Crippen molar-refractivity contribution in [2.24, 2.45) is 0 Å². The van der Waals surface area contributed by atoms with Gasteiger partial charge in [-0.1, -0.05) is 20.4 Å². The van der Waals surface area contributed by atoms with E-state index in [0.717, 1.165) is 11.3 Å². The average Bonchev–Trinajstić information content (AvgIpc) is 2.16. The lowest BCUT2D eigenvalue weighted by molar-refractivity contribution is 0.407. The Morgan fingerprint density at radius 1 is 1.54 bits per heavy atom. The van der Waals surface area contributed by atoms with E-state index in [0.29, 0.717) is 11.7 Å². The lowest BCUT2D eigenvalue weighted by Crippen LogP contribution is -1.94. The highest BCUT2D eigenvalue weighted by molar-refractivity contribution is 5.46. The van der Waals surface area contributed by atoms with Crippen LogP contribution in [0.2, 0.25) is 0 Å². The van der Waals surface area contributed by atoms with Crippen molar-refractivity contribution in [3.05, 3.63) is 29.2 Å². The summed E-state index contributed by atoms with van der Waals surface area (Å²) in [5.41, 5.74) is 1.04. The fraction of sp³-hybridized carbons (Fsp3) is 0.400. The van der Waals surface area contributed by atoms with Gasteiger partial charge in [0.2, 0.25) is 0 Å². The minimum Gasteiger partial charge on any atom is -0.498 e. The van der Waals surface area contributed by atoms with Gasteiger partial charge in [0, 0.05) is 11.6 Å². The van der Waals surface area contributed by atoms with Gasteiger partial charge in [0.05, 0.1) is 7.11 Å². The third-order valence-corrected chi connectivity index (χ3v) is 1.84. The summed E-state index contributed by atoms with van der Waals surface area (Å²) >= 11 is 0. The normalized spacial score (nSPS) is 9.77. The molecule has 1 aromatic heterocycles. The van der Waals surface area contributed by atoms with Crippen LogP contribution in [0.5, 0.6) is 5.75 Å². The second-order valence-corrected chi connectivity index (χ2v) is 3.05. The van der Waals surface area contributed by atoms with E-state index in [-0.39, 0.29) is 0 Å². The maximum atomic E-state index is 6.80. The minimum atomic E-state index is 0.363. The molecule has 0 saturated carbocycles. The number of nitrogens with zero attached hydrogens (tertiary/aromatic N) is 2. The Kier molecular flexibility index (Phi) is 2.86. The molecule has 0 aromatic carbocycles. The SMILES string of the molecule is [C-]#[N+]c1cc(OC)c(C(C)C)cn1. The van der Waals surface area contributed by atoms with Gasteiger partial charge in [0.1, 0.15) is 11.9 Å². The third-order valence-electron chi connectivity index (χ3n) is 1.84. The first kappa shape index (κ1) is 9.53. The standard InChI is InChI=1S/C10H12N2O/c1-7(2)8-6-12-10(11-3)5-9(8)13-4/h5-7H,1-2,4H3. The molecule has 0 bridgehead atoms. The molecule has 1 heterocycles. The van der Waals surface area contributed by atoms with Gasteiger partial charge in [-0.15, -0.1) is 4.98 Å². The molecule has 0 saturated heterocycles. The highest BCUT2D eigenvalue weighted by atomic mass is 16.5. The quantitative estimate of drug-likeness (QED) is 0.648. The molecular weight excluding hydrogens is 164 g/mol. The van der Waals surface area contributed by atoms with Gasteiger partial charge in [0.15, 0.2) is 0 Å². The Morgan fingerprint density at radius 2 is 2.23 bits per heavy atom. The zero-order valence-electron chi connectivity index (χ0n) is 8.03. The van der Waals surface area contributed by atoms with Crippen LogP contribution in [0.25, 0.3) is 4.85 Å². The zero-order chi connectivity index (χ0) is 9.84. The Bertz CT molecular complexity index is 339. The molecule has 0 atom stereocenters. The van der Waals surface area contributed by atoms with E-state index in [4.69, 9.17) is 11.3 Å². The first-order valence-corrected chi connectivity index (χ1v) is 4.10. The van der Waals surface area contributed by atoms with Crippen LogP contribution in [0.3, 0.4) is 0 Å². The molecule has 1 rings (SSSR count). The predicted molar refractivity (Wildman–Crippen MR) is 51.1 cm³/mol. The monoisotopic (exact) mass is 176 g/mol. The van der Waals surface area contributed by atoms with Crippen molar-refractivity contribution >= 4 is 5.82 Å². The molecule has 0 aliphatic heterocycles. The number of hydrogen-bond acceptors (Lipinski definition) is 2. The predicted octanol–water partition coefficient (Wildman–Crippen LogP) is 2.76. The molecule has 0 aliphatic carbocycles. The van der Waals surface area contributed by atoms with E-state index in [2.05, 4.69) is 23.7 Å². The molecular formula is C10H12N2O. The van der Waals surface area contributed by atoms with Crippen LogP contribution in [0.15, 0.2) is 12.3 Å². The largest absolute Gasteiger partial charge is 0.498 e. The second kappa shape index (κ2) is 3.90. The molecule has 0 unspecified atom stereocenters. The van der Waals surface area contributed by atoms with Crippen molar-refractivity contribution in [3.8, 4) is 5.75 Å². The zero-order valence-corrected chi connectivity index (χ0v) is 8.03. The lowest BCUT2D eigenvalue weighted by atomic mass is 10.1. The number of aromatic nitrogens is 1. The molecule has 0 fully saturated rings. The molecule has 1 aromatic rings. The summed E-state index contributed by atoms with van der Waals surface area (Å²) in [6.07, 6.45) is 1.71. The van der Waals surface area contributed by atoms with Crippen molar-refractivity contribution < 1.29 is 4.74 Å². The van der Waals surface area contributed by atoms with E-state index in [1.807, 2.05) is 0 Å². The molecule has 0 radical (unpaired) electrons. The van der Waals surface area contributed by atoms with E-state index in [1.165, 1.54) is 0 Å². The molecule has 0 spiro atoms. The fourth-order valence-electron chi connectivity index (χ4n) is 1.11. The number of ether oxygens (including phenoxy) is 1. The molecule has 3 heteroatoms. The topological polar surface area (TPSA) is 26.5 Å². The molecule has 0 amide bonds. The Morgan fingerprint density at radius 3 is 2.69 bits per heavy atom. The van der Waals surface area contributed by atoms with Crippen LogP contribution in [-0.4, -0.2) is 12.1 Å². The summed E-state index contributed by atoms with van der Waals surface area (Å²) in [6, 6.07) is 1.67. The highest BCUT2D eigenvalue weighted by Crippen LogP contribution is 2.28. The number of hydrogen-bond donors (Lipinski definition) is 0. The smallest absolute Gasteiger partial charge is 0.273 e. The molecule has 0 aliphatic rings. The highest BCUT2D eigenvalue weighted by Gasteiger charge is 2.09. The minimum absolute atomic E-state index is 0.363. The lowest BCUT2D eigenvalue weighted by Gasteiger charge is -2.09. The van der Waals surface area contributed by atoms with E-state index >= 15 is 0 Å². The first-order chi connectivity index (χ1) is 6.19. The fourth-order valence-corrected chi connectivity index (χ4v) is 1.11. The number of pyridine rings is 1. The van der Waals surface area contributed by atoms with Crippen molar-refractivity contribution in [1.29, 1.82) is 0 Å². The van der Waals surface area contributed by atoms with Gasteiger partial charge in [0.25, 0.3) is 5.82 Å². The summed E-state index contributed by atoms with van der Waals surface area (Å²) in [4.78, 5) is 7.23. The second-order valence-electron chi connectivity index (χ2n) is 3.05. The van der Waals surface area contributed by atoms with E-state index in [1.54, 1.807) is 19.4 Å². The van der Waals surface area contributed by atoms with Gasteiger partial charge < -0.3 is 9.58 Å². The molecule has 13 heavy (non-hydrogen) atoms. The van der Waals surface area contributed by atoms with Gasteiger partial charge in [-0.3, -0.25) is 0 Å². The van der Waals surface area contributed by atoms with Gasteiger partial charge >= 0.3 is 0 Å². The molecule has 3 nitrogen and oxygen atoms in total. The summed E-state index contributed by atoms with van der Waals surface area (Å²) < 4.78 is 5.17. The van der Waals surface area contributed by atoms with Crippen LogP contribution in [-0.2, 0) is 0 Å². The first-order valence-electron chi connectivity index (χ1n) is 4.10. The molecule has 68 valence electrons. The summed E-state index contributed by atoms with van der Waals surface area (Å²) in [5, 5.41) is 0. The maximum Gasteiger partial charge on any atom is 0.273 e. The molecule has 0 N–H and O–H groups in total. The van der Waals surface area contributed by atoms with Gasteiger partial charge in [-0.25, -0.2) is 0 Å². The van der Waals surface area contributed by atoms with Crippen LogP contribution in [0, 0.1) is 6.57 Å². The van der Waals surface area contributed by atoms with Crippen LogP contribution in [0.4, 0.5) is 5.82 Å². The summed E-state index contributed by atoms with van der Waals surface area (Å²) in [5.74, 6) is 1.49. The van der Waals surface area contributed by atoms with Crippen LogP contribution >= 0.6 is 0 Å². The van der Waals surface area contributed by atoms with E-state index < -0.39 is 0 Å². The third kappa shape index (κ3) is 1.97. The summed E-state index contributed by atoms with van der Waals surface area (Å²) in [6.45, 7) is 10.9. The van der Waals surface area contributed by atoms with Crippen LogP contribution in [0.1, 0.15) is 25.3 Å². The van der Waals surface area contributed by atoms with Gasteiger partial charge in [-0.2, -0.15) is 0 Å². The van der Waals surface area contributed by atoms with Gasteiger partial charge in [-0.05, 0) is 5.92 Å². The average molecular weight is 176 g/mol. The summed E-state index contributed by atoms with van der Waals surface area (Å²) in [7, 11) is 1.61. The van der Waals surface area contributed by atoms with Crippen molar-refractivity contribution in [3.63, 3.8) is 0 Å². The van der Waals surface area contributed by atoms with Crippen molar-refractivity contribution in [2.45, 2.75) is 19.8 Å². The van der Waals surface area contributed by atoms with Crippen molar-refractivity contribution in [2.75, 3.05) is 7.11 Å². The Hall–Kier alpha value is -1.56.